The van der Waals surface area contributed by atoms with Crippen LogP contribution in [0.25, 0.3) is 5.65 Å². The average molecular weight is 569 g/mol. The molecular weight excluding hydrogens is 532 g/mol. The first kappa shape index (κ1) is 26.8. The Kier molecular flexibility index (Phi) is 7.05. The van der Waals surface area contributed by atoms with Crippen LogP contribution >= 0.6 is 0 Å². The number of piperidine rings is 1. The lowest BCUT2D eigenvalue weighted by Gasteiger charge is -2.35. The number of likely N-dealkylation sites (N-methyl/N-ethyl adjacent to an activating group) is 1. The van der Waals surface area contributed by atoms with E-state index in [-0.39, 0.29) is 31.6 Å². The number of ether oxygens (including phenoxy) is 1. The maximum atomic E-state index is 14.1. The van der Waals surface area contributed by atoms with Crippen LogP contribution in [0.2, 0.25) is 0 Å². The summed E-state index contributed by atoms with van der Waals surface area (Å²) in [6.45, 7) is 5.09. The van der Waals surface area contributed by atoms with Crippen LogP contribution in [0.4, 0.5) is 11.6 Å². The SMILES string of the molecule is Cc1ccc2c(c1)C(=O)N1CCCC[C@H]1c1cc3nc(N4CCC4)cc(n3n1)N(C)CCN(S(N)(=O)=O)CCO2. The van der Waals surface area contributed by atoms with Crippen LogP contribution in [0.3, 0.4) is 0 Å². The van der Waals surface area contributed by atoms with Crippen molar-refractivity contribution in [3.05, 3.63) is 47.2 Å². The minimum Gasteiger partial charge on any atom is -0.491 e. The lowest BCUT2D eigenvalue weighted by molar-refractivity contribution is 0.0601. The Hall–Kier alpha value is -3.42. The van der Waals surface area contributed by atoms with Gasteiger partial charge in [-0.3, -0.25) is 4.79 Å². The second-order valence-corrected chi connectivity index (χ2v) is 12.4. The molecule has 214 valence electrons. The molecule has 40 heavy (non-hydrogen) atoms. The van der Waals surface area contributed by atoms with Gasteiger partial charge in [-0.2, -0.15) is 22.3 Å². The van der Waals surface area contributed by atoms with Gasteiger partial charge in [0.15, 0.2) is 5.65 Å². The van der Waals surface area contributed by atoms with Crippen molar-refractivity contribution < 1.29 is 17.9 Å². The van der Waals surface area contributed by atoms with Crippen molar-refractivity contribution in [3.63, 3.8) is 0 Å². The Morgan fingerprint density at radius 3 is 2.58 bits per heavy atom. The van der Waals surface area contributed by atoms with Crippen LogP contribution in [-0.2, 0) is 10.2 Å². The number of carbonyl (C=O) groups is 1. The summed E-state index contributed by atoms with van der Waals surface area (Å²) < 4.78 is 33.9. The molecule has 2 saturated heterocycles. The number of aryl methyl sites for hydroxylation is 1. The summed E-state index contributed by atoms with van der Waals surface area (Å²) in [5, 5.41) is 10.6. The van der Waals surface area contributed by atoms with Gasteiger partial charge >= 0.3 is 0 Å². The van der Waals surface area contributed by atoms with E-state index in [0.29, 0.717) is 30.0 Å². The minimum atomic E-state index is -3.98. The topological polar surface area (TPSA) is 130 Å². The zero-order valence-corrected chi connectivity index (χ0v) is 23.8. The van der Waals surface area contributed by atoms with Crippen molar-refractivity contribution in [2.24, 2.45) is 5.14 Å². The number of fused-ring (bicyclic) bond motifs is 4. The first-order valence-electron chi connectivity index (χ1n) is 13.9. The predicted molar refractivity (Wildman–Crippen MR) is 152 cm³/mol. The molecule has 2 N–H and O–H groups in total. The number of benzene rings is 1. The lowest BCUT2D eigenvalue weighted by Crippen LogP contribution is -2.43. The van der Waals surface area contributed by atoms with E-state index >= 15 is 0 Å². The van der Waals surface area contributed by atoms with Crippen LogP contribution in [0.5, 0.6) is 5.75 Å². The van der Waals surface area contributed by atoms with Gasteiger partial charge in [0.2, 0.25) is 0 Å². The minimum absolute atomic E-state index is 0.0528. The van der Waals surface area contributed by atoms with E-state index in [0.717, 1.165) is 61.7 Å². The maximum Gasteiger partial charge on any atom is 0.277 e. The van der Waals surface area contributed by atoms with Crippen molar-refractivity contribution in [2.75, 3.05) is 62.7 Å². The third kappa shape index (κ3) is 5.08. The summed E-state index contributed by atoms with van der Waals surface area (Å²) in [6.07, 6.45) is 3.84. The standard InChI is InChI=1S/C27H36N8O4S/c1-19-7-8-23-20(16-19)27(36)34-11-4-3-6-22(34)21-17-25-29-24(32-9-5-10-32)18-26(35(25)30-21)31(2)12-13-33(14-15-39-23)40(28,37)38/h7-8,16-18,22H,3-6,9-15H2,1-2H3,(H2,28,37,38)/t22-/m0/s1. The highest BCUT2D eigenvalue weighted by atomic mass is 32.2. The number of rotatable bonds is 2. The number of nitrogens with zero attached hydrogens (tertiary/aromatic N) is 7. The molecule has 2 aromatic heterocycles. The van der Waals surface area contributed by atoms with Gasteiger partial charge in [0, 0.05) is 58.4 Å². The molecule has 0 spiro atoms. The molecule has 6 rings (SSSR count). The third-order valence-corrected chi connectivity index (χ3v) is 9.18. The Morgan fingerprint density at radius 1 is 1.00 bits per heavy atom. The second kappa shape index (κ2) is 10.5. The fraction of sp³-hybridized carbons (Fsp3) is 0.519. The molecule has 5 heterocycles. The van der Waals surface area contributed by atoms with Crippen LogP contribution in [-0.4, -0.2) is 91.1 Å². The average Bonchev–Trinajstić information content (AvgIpc) is 3.32. The van der Waals surface area contributed by atoms with E-state index in [1.165, 1.54) is 4.31 Å². The fourth-order valence-electron chi connectivity index (χ4n) is 5.68. The number of amides is 1. The summed E-state index contributed by atoms with van der Waals surface area (Å²) in [5.41, 5.74) is 2.90. The number of carbonyl (C=O) groups excluding carboxylic acids is 1. The molecule has 3 aliphatic rings. The number of nitrogens with two attached hydrogens (primary N) is 1. The van der Waals surface area contributed by atoms with Crippen LogP contribution in [0.1, 0.15) is 53.3 Å². The number of hydrogen-bond donors (Lipinski definition) is 1. The fourth-order valence-corrected chi connectivity index (χ4v) is 6.34. The highest BCUT2D eigenvalue weighted by Crippen LogP contribution is 2.35. The van der Waals surface area contributed by atoms with E-state index in [9.17, 15) is 13.2 Å². The molecule has 0 saturated carbocycles. The van der Waals surface area contributed by atoms with Crippen LogP contribution in [0.15, 0.2) is 30.3 Å². The molecule has 2 fully saturated rings. The summed E-state index contributed by atoms with van der Waals surface area (Å²) in [4.78, 5) is 25.1. The first-order valence-corrected chi connectivity index (χ1v) is 15.4. The Balaban J connectivity index is 1.48. The smallest absolute Gasteiger partial charge is 0.277 e. The first-order chi connectivity index (χ1) is 19.2. The molecule has 3 aliphatic heterocycles. The van der Waals surface area contributed by atoms with Gasteiger partial charge in [0.05, 0.1) is 17.3 Å². The van der Waals surface area contributed by atoms with Crippen molar-refractivity contribution in [3.8, 4) is 5.75 Å². The van der Waals surface area contributed by atoms with Crippen LogP contribution < -0.4 is 19.7 Å². The quantitative estimate of drug-likeness (QED) is 0.497. The molecule has 12 nitrogen and oxygen atoms in total. The second-order valence-electron chi connectivity index (χ2n) is 10.9. The molecule has 0 radical (unpaired) electrons. The van der Waals surface area contributed by atoms with E-state index in [2.05, 4.69) is 4.90 Å². The summed E-state index contributed by atoms with van der Waals surface area (Å²) in [5.74, 6) is 1.97. The monoisotopic (exact) mass is 568 g/mol. The maximum absolute atomic E-state index is 14.1. The van der Waals surface area contributed by atoms with Gasteiger partial charge in [-0.05, 0) is 44.7 Å². The van der Waals surface area contributed by atoms with Crippen molar-refractivity contribution in [2.45, 2.75) is 38.6 Å². The zero-order chi connectivity index (χ0) is 28.0. The van der Waals surface area contributed by atoms with E-state index in [1.807, 2.05) is 52.6 Å². The molecule has 3 aromatic rings. The number of aromatic nitrogens is 3. The molecule has 1 aromatic carbocycles. The van der Waals surface area contributed by atoms with Gasteiger partial charge in [0.25, 0.3) is 16.1 Å². The number of hydrogen-bond acceptors (Lipinski definition) is 8. The molecular formula is C27H36N8O4S. The highest BCUT2D eigenvalue weighted by molar-refractivity contribution is 7.86. The Bertz CT molecular complexity index is 1540. The largest absolute Gasteiger partial charge is 0.491 e. The highest BCUT2D eigenvalue weighted by Gasteiger charge is 2.33. The van der Waals surface area contributed by atoms with E-state index < -0.39 is 10.2 Å². The number of anilines is 2. The normalized spacial score (nSPS) is 21.2. The molecule has 0 aliphatic carbocycles. The van der Waals surface area contributed by atoms with Crippen molar-refractivity contribution in [1.29, 1.82) is 0 Å². The van der Waals surface area contributed by atoms with E-state index in [1.54, 1.807) is 6.07 Å². The molecule has 0 unspecified atom stereocenters. The zero-order valence-electron chi connectivity index (χ0n) is 23.0. The molecule has 1 amide bonds. The predicted octanol–water partition coefficient (Wildman–Crippen LogP) is 1.95. The summed E-state index contributed by atoms with van der Waals surface area (Å²) in [6, 6.07) is 9.29. The van der Waals surface area contributed by atoms with Gasteiger partial charge < -0.3 is 19.4 Å². The Morgan fingerprint density at radius 2 is 1.82 bits per heavy atom. The van der Waals surface area contributed by atoms with E-state index in [4.69, 9.17) is 20.0 Å². The van der Waals surface area contributed by atoms with Gasteiger partial charge in [-0.25, -0.2) is 10.1 Å². The van der Waals surface area contributed by atoms with Gasteiger partial charge in [-0.1, -0.05) is 11.6 Å². The lowest BCUT2D eigenvalue weighted by atomic mass is 9.97. The van der Waals surface area contributed by atoms with Gasteiger partial charge in [-0.15, -0.1) is 0 Å². The van der Waals surface area contributed by atoms with Crippen molar-refractivity contribution >= 4 is 33.4 Å². The molecule has 1 atom stereocenters. The summed E-state index contributed by atoms with van der Waals surface area (Å²) >= 11 is 0. The van der Waals surface area contributed by atoms with Crippen molar-refractivity contribution in [1.82, 2.24) is 23.8 Å². The molecule has 13 heteroatoms. The molecule has 2 bridgehead atoms. The summed E-state index contributed by atoms with van der Waals surface area (Å²) in [7, 11) is -2.07. The van der Waals surface area contributed by atoms with Crippen LogP contribution in [0, 0.1) is 6.92 Å². The van der Waals surface area contributed by atoms with Gasteiger partial charge in [0.1, 0.15) is 24.0 Å². The Labute approximate surface area is 234 Å². The third-order valence-electron chi connectivity index (χ3n) is 8.10.